The molecule has 0 bridgehead atoms. The van der Waals surface area contributed by atoms with Crippen molar-refractivity contribution in [3.63, 3.8) is 0 Å². The van der Waals surface area contributed by atoms with Crippen molar-refractivity contribution in [3.05, 3.63) is 47.2 Å². The number of hydrogen-bond donors (Lipinski definition) is 3. The molecule has 0 spiro atoms. The molecule has 8 nitrogen and oxygen atoms in total. The average Bonchev–Trinajstić information content (AvgIpc) is 2.98. The highest BCUT2D eigenvalue weighted by Gasteiger charge is 2.07. The molecular weight excluding hydrogens is 461 g/mol. The summed E-state index contributed by atoms with van der Waals surface area (Å²) in [6.07, 6.45) is 0. The lowest BCUT2D eigenvalue weighted by Gasteiger charge is -2.11. The van der Waals surface area contributed by atoms with E-state index >= 15 is 0 Å². The number of ether oxygens (including phenoxy) is 1. The monoisotopic (exact) mass is 487 g/mol. The Kier molecular flexibility index (Phi) is 9.62. The molecule has 9 heteroatoms. The lowest BCUT2D eigenvalue weighted by molar-refractivity contribution is -0.120. The van der Waals surface area contributed by atoms with E-state index in [0.717, 1.165) is 22.8 Å². The molecule has 0 aliphatic rings. The molecule has 0 atom stereocenters. The number of nitrogens with zero attached hydrogens (tertiary/aromatic N) is 2. The maximum absolute atomic E-state index is 12.0. The van der Waals surface area contributed by atoms with E-state index in [0.29, 0.717) is 24.9 Å². The molecule has 2 rings (SSSR count). The number of aliphatic imine (C=N–C) groups is 1. The second-order valence-corrected chi connectivity index (χ2v) is 5.65. The van der Waals surface area contributed by atoms with Crippen molar-refractivity contribution in [2.45, 2.75) is 26.9 Å². The number of guanidine groups is 1. The molecular formula is C18H26IN5O3. The second-order valence-electron chi connectivity index (χ2n) is 5.65. The quantitative estimate of drug-likeness (QED) is 0.314. The minimum atomic E-state index is -0.133. The number of benzene rings is 1. The second kappa shape index (κ2) is 11.4. The number of carbonyl (C=O) groups excluding carboxylic acids is 1. The lowest BCUT2D eigenvalue weighted by Crippen LogP contribution is -2.42. The van der Waals surface area contributed by atoms with Crippen LogP contribution in [0.4, 0.5) is 0 Å². The number of halogens is 1. The summed E-state index contributed by atoms with van der Waals surface area (Å²) in [5.74, 6) is 2.52. The largest absolute Gasteiger partial charge is 0.497 e. The van der Waals surface area contributed by atoms with Gasteiger partial charge in [0.25, 0.3) is 0 Å². The molecule has 1 heterocycles. The topological polar surface area (TPSA) is 101 Å². The SMILES string of the molecule is CN=C(NCC(=O)NCc1ccc(OC)cc1)NCc1nc(C)c(C)o1.I. The van der Waals surface area contributed by atoms with E-state index in [1.807, 2.05) is 38.1 Å². The van der Waals surface area contributed by atoms with Crippen molar-refractivity contribution in [2.24, 2.45) is 4.99 Å². The van der Waals surface area contributed by atoms with Crippen LogP contribution in [0.25, 0.3) is 0 Å². The third-order valence-electron chi connectivity index (χ3n) is 3.77. The first-order valence-electron chi connectivity index (χ1n) is 8.29. The molecule has 0 fully saturated rings. The number of oxazole rings is 1. The van der Waals surface area contributed by atoms with Gasteiger partial charge in [0.2, 0.25) is 11.8 Å². The number of carbonyl (C=O) groups is 1. The van der Waals surface area contributed by atoms with E-state index < -0.39 is 0 Å². The van der Waals surface area contributed by atoms with Crippen molar-refractivity contribution in [1.82, 2.24) is 20.9 Å². The molecule has 1 amide bonds. The van der Waals surface area contributed by atoms with Crippen LogP contribution in [0.5, 0.6) is 5.75 Å². The fraction of sp³-hybridized carbons (Fsp3) is 0.389. The predicted molar refractivity (Wildman–Crippen MR) is 114 cm³/mol. The number of hydrogen-bond acceptors (Lipinski definition) is 5. The zero-order valence-corrected chi connectivity index (χ0v) is 18.3. The highest BCUT2D eigenvalue weighted by atomic mass is 127. The Morgan fingerprint density at radius 2 is 1.85 bits per heavy atom. The van der Waals surface area contributed by atoms with E-state index in [1.54, 1.807) is 14.2 Å². The summed E-state index contributed by atoms with van der Waals surface area (Å²) in [4.78, 5) is 20.3. The average molecular weight is 487 g/mol. The number of aromatic nitrogens is 1. The minimum Gasteiger partial charge on any atom is -0.497 e. The van der Waals surface area contributed by atoms with Gasteiger partial charge >= 0.3 is 0 Å². The Hall–Kier alpha value is -2.30. The van der Waals surface area contributed by atoms with Crippen LogP contribution in [-0.4, -0.2) is 37.6 Å². The van der Waals surface area contributed by atoms with Gasteiger partial charge in [0.15, 0.2) is 5.96 Å². The van der Waals surface area contributed by atoms with Crippen LogP contribution >= 0.6 is 24.0 Å². The smallest absolute Gasteiger partial charge is 0.239 e. The first-order chi connectivity index (χ1) is 12.5. The van der Waals surface area contributed by atoms with Crippen LogP contribution in [0, 0.1) is 13.8 Å². The van der Waals surface area contributed by atoms with Crippen LogP contribution in [0.2, 0.25) is 0 Å². The lowest BCUT2D eigenvalue weighted by atomic mass is 10.2. The van der Waals surface area contributed by atoms with Gasteiger partial charge < -0.3 is 25.1 Å². The van der Waals surface area contributed by atoms with Gasteiger partial charge in [-0.1, -0.05) is 12.1 Å². The number of amides is 1. The summed E-state index contributed by atoms with van der Waals surface area (Å²) in [6, 6.07) is 7.54. The number of aryl methyl sites for hydroxylation is 2. The Bertz CT molecular complexity index is 739. The Morgan fingerprint density at radius 1 is 1.15 bits per heavy atom. The van der Waals surface area contributed by atoms with Gasteiger partial charge in [-0.15, -0.1) is 24.0 Å². The van der Waals surface area contributed by atoms with Crippen LogP contribution in [0.1, 0.15) is 22.9 Å². The molecule has 0 saturated heterocycles. The molecule has 0 aliphatic heterocycles. The van der Waals surface area contributed by atoms with Gasteiger partial charge in [0.05, 0.1) is 25.9 Å². The molecule has 27 heavy (non-hydrogen) atoms. The molecule has 0 aliphatic carbocycles. The number of methoxy groups -OCH3 is 1. The third kappa shape index (κ3) is 7.45. The van der Waals surface area contributed by atoms with Crippen molar-refractivity contribution < 1.29 is 13.9 Å². The first kappa shape index (κ1) is 22.7. The number of rotatable bonds is 7. The fourth-order valence-electron chi connectivity index (χ4n) is 2.17. The summed E-state index contributed by atoms with van der Waals surface area (Å²) in [5.41, 5.74) is 1.86. The van der Waals surface area contributed by atoms with E-state index in [2.05, 4.69) is 25.9 Å². The van der Waals surface area contributed by atoms with Gasteiger partial charge in [0.1, 0.15) is 11.5 Å². The first-order valence-corrected chi connectivity index (χ1v) is 8.29. The third-order valence-corrected chi connectivity index (χ3v) is 3.77. The van der Waals surface area contributed by atoms with Gasteiger partial charge in [-0.05, 0) is 31.5 Å². The summed E-state index contributed by atoms with van der Waals surface area (Å²) in [5, 5.41) is 8.85. The van der Waals surface area contributed by atoms with Gasteiger partial charge in [-0.2, -0.15) is 0 Å². The molecule has 2 aromatic rings. The summed E-state index contributed by atoms with van der Waals surface area (Å²) < 4.78 is 10.6. The van der Waals surface area contributed by atoms with Crippen molar-refractivity contribution in [3.8, 4) is 5.75 Å². The Morgan fingerprint density at radius 3 is 2.41 bits per heavy atom. The molecule has 1 aromatic heterocycles. The van der Waals surface area contributed by atoms with Gasteiger partial charge in [-0.25, -0.2) is 4.98 Å². The Labute approximate surface area is 176 Å². The molecule has 148 valence electrons. The molecule has 0 radical (unpaired) electrons. The maximum atomic E-state index is 12.0. The normalized spacial score (nSPS) is 10.7. The van der Waals surface area contributed by atoms with Gasteiger partial charge in [0, 0.05) is 13.6 Å². The minimum absolute atomic E-state index is 0. The zero-order valence-electron chi connectivity index (χ0n) is 16.0. The zero-order chi connectivity index (χ0) is 18.9. The van der Waals surface area contributed by atoms with E-state index in [1.165, 1.54) is 0 Å². The maximum Gasteiger partial charge on any atom is 0.239 e. The van der Waals surface area contributed by atoms with Crippen LogP contribution in [0.15, 0.2) is 33.7 Å². The molecule has 3 N–H and O–H groups in total. The molecule has 0 saturated carbocycles. The molecule has 1 aromatic carbocycles. The van der Waals surface area contributed by atoms with Crippen LogP contribution < -0.4 is 20.7 Å². The van der Waals surface area contributed by atoms with Crippen LogP contribution in [-0.2, 0) is 17.9 Å². The van der Waals surface area contributed by atoms with Crippen LogP contribution in [0.3, 0.4) is 0 Å². The summed E-state index contributed by atoms with van der Waals surface area (Å²) in [6.45, 7) is 4.71. The van der Waals surface area contributed by atoms with Gasteiger partial charge in [-0.3, -0.25) is 9.79 Å². The summed E-state index contributed by atoms with van der Waals surface area (Å²) in [7, 11) is 3.25. The standard InChI is InChI=1S/C18H25N5O3.HI/c1-12-13(2)26-17(23-12)11-22-18(19-3)21-10-16(24)20-9-14-5-7-15(25-4)8-6-14;/h5-8H,9-11H2,1-4H3,(H,20,24)(H2,19,21,22);1H. The van der Waals surface area contributed by atoms with Crippen molar-refractivity contribution in [2.75, 3.05) is 20.7 Å². The number of nitrogens with one attached hydrogen (secondary N) is 3. The molecule has 0 unspecified atom stereocenters. The van der Waals surface area contributed by atoms with E-state index in [9.17, 15) is 4.79 Å². The Balaban J connectivity index is 0.00000364. The summed E-state index contributed by atoms with van der Waals surface area (Å²) >= 11 is 0. The highest BCUT2D eigenvalue weighted by molar-refractivity contribution is 14.0. The highest BCUT2D eigenvalue weighted by Crippen LogP contribution is 2.10. The predicted octanol–water partition coefficient (Wildman–Crippen LogP) is 1.90. The van der Waals surface area contributed by atoms with E-state index in [-0.39, 0.29) is 36.4 Å². The fourth-order valence-corrected chi connectivity index (χ4v) is 2.17. The van der Waals surface area contributed by atoms with Crippen molar-refractivity contribution in [1.29, 1.82) is 0 Å². The van der Waals surface area contributed by atoms with Crippen molar-refractivity contribution >= 4 is 35.8 Å². The van der Waals surface area contributed by atoms with E-state index in [4.69, 9.17) is 9.15 Å².